The first-order chi connectivity index (χ1) is 11.8. The number of thiophene rings is 2. The van der Waals surface area contributed by atoms with Crippen LogP contribution < -0.4 is 0 Å². The number of carbonyl (C=O) groups excluding carboxylic acids is 1. The summed E-state index contributed by atoms with van der Waals surface area (Å²) >= 11 is 4.67. The summed E-state index contributed by atoms with van der Waals surface area (Å²) in [4.78, 5) is 15.0. The van der Waals surface area contributed by atoms with E-state index in [-0.39, 0.29) is 17.7 Å². The van der Waals surface area contributed by atoms with Crippen LogP contribution in [0.1, 0.15) is 22.2 Å². The van der Waals surface area contributed by atoms with Crippen LogP contribution in [0.3, 0.4) is 0 Å². The lowest BCUT2D eigenvalue weighted by molar-refractivity contribution is -0.130. The minimum Gasteiger partial charge on any atom is -0.272 e. The fourth-order valence-corrected chi connectivity index (χ4v) is 4.67. The number of nitrogens with one attached hydrogen (secondary N) is 1. The normalized spacial score (nSPS) is 17.2. The second kappa shape index (κ2) is 6.88. The molecule has 0 radical (unpaired) electrons. The van der Waals surface area contributed by atoms with Gasteiger partial charge >= 0.3 is 0 Å². The molecule has 6 nitrogen and oxygen atoms in total. The molecule has 0 fully saturated rings. The first kappa shape index (κ1) is 15.6. The smallest absolute Gasteiger partial charge is 0.253 e. The van der Waals surface area contributed by atoms with Crippen LogP contribution in [0, 0.1) is 0 Å². The zero-order chi connectivity index (χ0) is 16.4. The van der Waals surface area contributed by atoms with E-state index in [9.17, 15) is 4.79 Å². The molecule has 0 aromatic carbocycles. The predicted molar refractivity (Wildman–Crippen MR) is 96.5 cm³/mol. The van der Waals surface area contributed by atoms with E-state index in [4.69, 9.17) is 0 Å². The Labute approximate surface area is 150 Å². The van der Waals surface area contributed by atoms with E-state index in [1.165, 1.54) is 11.8 Å². The maximum absolute atomic E-state index is 12.7. The van der Waals surface area contributed by atoms with E-state index >= 15 is 0 Å². The Morgan fingerprint density at radius 3 is 2.92 bits per heavy atom. The molecule has 4 heterocycles. The molecule has 1 amide bonds. The largest absolute Gasteiger partial charge is 0.272 e. The molecule has 4 rings (SSSR count). The standard InChI is InChI=1S/C15H13N5OS3/c21-15(9-24-14-8-16-19-17-14)20-11(13-4-2-6-23-13)7-10(18-20)12-3-1-5-22-12/h1-6,8,11H,7,9H2,(H,16,17,19)/t11-/m0/s1. The molecule has 0 saturated heterocycles. The summed E-state index contributed by atoms with van der Waals surface area (Å²) in [5.74, 6) is 0.267. The zero-order valence-corrected chi connectivity index (χ0v) is 14.9. The van der Waals surface area contributed by atoms with Crippen molar-refractivity contribution in [3.05, 3.63) is 51.0 Å². The van der Waals surface area contributed by atoms with Gasteiger partial charge in [-0.3, -0.25) is 4.79 Å². The Kier molecular flexibility index (Phi) is 4.46. The third-order valence-electron chi connectivity index (χ3n) is 3.58. The number of hydrogen-bond donors (Lipinski definition) is 1. The highest BCUT2D eigenvalue weighted by Gasteiger charge is 2.33. The Morgan fingerprint density at radius 2 is 2.21 bits per heavy atom. The molecule has 0 saturated carbocycles. The molecule has 3 aromatic heterocycles. The van der Waals surface area contributed by atoms with Crippen LogP contribution in [-0.4, -0.2) is 37.8 Å². The summed E-state index contributed by atoms with van der Waals surface area (Å²) in [5.41, 5.74) is 0.975. The van der Waals surface area contributed by atoms with Crippen LogP contribution in [0.5, 0.6) is 0 Å². The molecule has 0 spiro atoms. The lowest BCUT2D eigenvalue weighted by atomic mass is 10.1. The topological polar surface area (TPSA) is 74.2 Å². The fourth-order valence-electron chi connectivity index (χ4n) is 2.50. The summed E-state index contributed by atoms with van der Waals surface area (Å²) in [7, 11) is 0. The quantitative estimate of drug-likeness (QED) is 0.694. The lowest BCUT2D eigenvalue weighted by Gasteiger charge is -2.20. The van der Waals surface area contributed by atoms with Gasteiger partial charge in [-0.15, -0.1) is 27.8 Å². The van der Waals surface area contributed by atoms with Crippen molar-refractivity contribution in [2.24, 2.45) is 5.10 Å². The van der Waals surface area contributed by atoms with Gasteiger partial charge in [-0.2, -0.15) is 15.4 Å². The number of aromatic nitrogens is 3. The van der Waals surface area contributed by atoms with Crippen molar-refractivity contribution >= 4 is 46.1 Å². The van der Waals surface area contributed by atoms with E-state index in [2.05, 4.69) is 26.6 Å². The minimum atomic E-state index is -0.0208. The Hall–Kier alpha value is -1.97. The lowest BCUT2D eigenvalue weighted by Crippen LogP contribution is -2.28. The number of hydrazone groups is 1. The summed E-state index contributed by atoms with van der Waals surface area (Å²) in [6, 6.07) is 8.11. The van der Waals surface area contributed by atoms with Gasteiger partial charge in [0.1, 0.15) is 5.03 Å². The summed E-state index contributed by atoms with van der Waals surface area (Å²) < 4.78 is 0. The molecule has 1 atom stereocenters. The second-order valence-electron chi connectivity index (χ2n) is 5.09. The average Bonchev–Trinajstić information content (AvgIpc) is 3.40. The summed E-state index contributed by atoms with van der Waals surface area (Å²) in [6.45, 7) is 0. The SMILES string of the molecule is O=C(CSc1cn[nH]n1)N1N=C(c2cccs2)C[C@H]1c1cccs1. The van der Waals surface area contributed by atoms with Crippen LogP contribution in [-0.2, 0) is 4.79 Å². The number of nitrogens with zero attached hydrogens (tertiary/aromatic N) is 4. The molecule has 0 bridgehead atoms. The summed E-state index contributed by atoms with van der Waals surface area (Å²) in [5, 5.41) is 21.3. The van der Waals surface area contributed by atoms with Crippen LogP contribution in [0.2, 0.25) is 0 Å². The van der Waals surface area contributed by atoms with Gasteiger partial charge in [0.2, 0.25) is 0 Å². The zero-order valence-electron chi connectivity index (χ0n) is 12.5. The third-order valence-corrected chi connectivity index (χ3v) is 6.36. The number of amides is 1. The molecule has 1 N–H and O–H groups in total. The van der Waals surface area contributed by atoms with E-state index in [0.717, 1.165) is 21.9 Å². The first-order valence-corrected chi connectivity index (χ1v) is 10.0. The number of aromatic amines is 1. The van der Waals surface area contributed by atoms with Gasteiger partial charge in [0, 0.05) is 11.3 Å². The highest BCUT2D eigenvalue weighted by molar-refractivity contribution is 7.99. The van der Waals surface area contributed by atoms with Crippen molar-refractivity contribution in [1.82, 2.24) is 20.4 Å². The van der Waals surface area contributed by atoms with Crippen molar-refractivity contribution in [3.63, 3.8) is 0 Å². The minimum absolute atomic E-state index is 0.0204. The Balaban J connectivity index is 1.55. The molecule has 9 heteroatoms. The van der Waals surface area contributed by atoms with Crippen molar-refractivity contribution in [2.75, 3.05) is 5.75 Å². The predicted octanol–water partition coefficient (Wildman–Crippen LogP) is 3.40. The van der Waals surface area contributed by atoms with Gasteiger partial charge in [0.25, 0.3) is 5.91 Å². The van der Waals surface area contributed by atoms with Crippen LogP contribution >= 0.6 is 34.4 Å². The number of carbonyl (C=O) groups is 1. The van der Waals surface area contributed by atoms with Crippen molar-refractivity contribution in [3.8, 4) is 0 Å². The monoisotopic (exact) mass is 375 g/mol. The van der Waals surface area contributed by atoms with Gasteiger partial charge in [0.05, 0.1) is 28.6 Å². The molecule has 3 aromatic rings. The fraction of sp³-hybridized carbons (Fsp3) is 0.200. The van der Waals surface area contributed by atoms with E-state index in [0.29, 0.717) is 5.03 Å². The van der Waals surface area contributed by atoms with Crippen LogP contribution in [0.15, 0.2) is 51.3 Å². The van der Waals surface area contributed by atoms with E-state index < -0.39 is 0 Å². The van der Waals surface area contributed by atoms with Gasteiger partial charge < -0.3 is 0 Å². The number of H-pyrrole nitrogens is 1. The maximum Gasteiger partial charge on any atom is 0.253 e. The van der Waals surface area contributed by atoms with Crippen molar-refractivity contribution < 1.29 is 4.79 Å². The van der Waals surface area contributed by atoms with Gasteiger partial charge in [-0.1, -0.05) is 23.9 Å². The van der Waals surface area contributed by atoms with Gasteiger partial charge in [-0.05, 0) is 22.9 Å². The molecule has 24 heavy (non-hydrogen) atoms. The first-order valence-electron chi connectivity index (χ1n) is 7.26. The van der Waals surface area contributed by atoms with Crippen LogP contribution in [0.4, 0.5) is 0 Å². The highest BCUT2D eigenvalue weighted by Crippen LogP contribution is 2.36. The molecule has 122 valence electrons. The van der Waals surface area contributed by atoms with Crippen molar-refractivity contribution in [2.45, 2.75) is 17.5 Å². The number of rotatable bonds is 5. The number of thioether (sulfide) groups is 1. The van der Waals surface area contributed by atoms with Gasteiger partial charge in [0.15, 0.2) is 0 Å². The molecule has 0 unspecified atom stereocenters. The third kappa shape index (κ3) is 3.14. The van der Waals surface area contributed by atoms with E-state index in [1.54, 1.807) is 33.9 Å². The molecular weight excluding hydrogens is 362 g/mol. The molecule has 0 aliphatic carbocycles. The average molecular weight is 376 g/mol. The summed E-state index contributed by atoms with van der Waals surface area (Å²) in [6.07, 6.45) is 2.36. The molecule has 1 aliphatic rings. The molecular formula is C15H13N5OS3. The highest BCUT2D eigenvalue weighted by atomic mass is 32.2. The van der Waals surface area contributed by atoms with Crippen molar-refractivity contribution in [1.29, 1.82) is 0 Å². The maximum atomic E-state index is 12.7. The van der Waals surface area contributed by atoms with Crippen LogP contribution in [0.25, 0.3) is 0 Å². The Morgan fingerprint density at radius 1 is 1.33 bits per heavy atom. The number of hydrogen-bond acceptors (Lipinski definition) is 7. The van der Waals surface area contributed by atoms with Gasteiger partial charge in [-0.25, -0.2) is 5.01 Å². The second-order valence-corrected chi connectivity index (χ2v) is 8.02. The van der Waals surface area contributed by atoms with E-state index in [1.807, 2.05) is 29.0 Å². The Bertz CT molecular complexity index is 827. The molecule has 1 aliphatic heterocycles.